The first-order valence-corrected chi connectivity index (χ1v) is 5.11. The van der Waals surface area contributed by atoms with Crippen molar-refractivity contribution in [2.45, 2.75) is 26.7 Å². The fraction of sp³-hybridized carbons (Fsp3) is 0.500. The minimum atomic E-state index is 0.576. The normalized spacial score (nSPS) is 27.5. The molecule has 0 radical (unpaired) electrons. The van der Waals surface area contributed by atoms with Crippen LogP contribution < -0.4 is 5.32 Å². The van der Waals surface area contributed by atoms with Gasteiger partial charge in [0, 0.05) is 12.2 Å². The molecule has 0 amide bonds. The van der Waals surface area contributed by atoms with Gasteiger partial charge >= 0.3 is 0 Å². The van der Waals surface area contributed by atoms with Gasteiger partial charge < -0.3 is 5.32 Å². The Bertz CT molecular complexity index is 294. The van der Waals surface area contributed by atoms with Crippen LogP contribution in [0.15, 0.2) is 35.1 Å². The lowest BCUT2D eigenvalue weighted by molar-refractivity contribution is 0.678. The molecule has 1 heteroatoms. The molecule has 1 aliphatic carbocycles. The minimum Gasteiger partial charge on any atom is -0.385 e. The maximum Gasteiger partial charge on any atom is 0.0399 e. The van der Waals surface area contributed by atoms with E-state index in [0.29, 0.717) is 5.92 Å². The first kappa shape index (κ1) is 8.61. The first-order valence-electron chi connectivity index (χ1n) is 5.11. The van der Waals surface area contributed by atoms with Crippen LogP contribution in [0, 0.1) is 5.92 Å². The Balaban J connectivity index is 2.38. The zero-order valence-electron chi connectivity index (χ0n) is 8.43. The van der Waals surface area contributed by atoms with E-state index in [9.17, 15) is 0 Å². The monoisotopic (exact) mass is 175 g/mol. The van der Waals surface area contributed by atoms with Crippen molar-refractivity contribution in [2.24, 2.45) is 5.92 Å². The van der Waals surface area contributed by atoms with Crippen LogP contribution in [0.5, 0.6) is 0 Å². The molecule has 0 saturated heterocycles. The molecule has 70 valence electrons. The lowest BCUT2D eigenvalue weighted by Gasteiger charge is -2.20. The van der Waals surface area contributed by atoms with E-state index >= 15 is 0 Å². The van der Waals surface area contributed by atoms with Crippen LogP contribution in [0.4, 0.5) is 0 Å². The van der Waals surface area contributed by atoms with Gasteiger partial charge in [-0.15, -0.1) is 0 Å². The zero-order valence-corrected chi connectivity index (χ0v) is 8.43. The van der Waals surface area contributed by atoms with Crippen molar-refractivity contribution < 1.29 is 0 Å². The molecule has 0 bridgehead atoms. The molecule has 0 fully saturated rings. The van der Waals surface area contributed by atoms with Crippen molar-refractivity contribution in [1.82, 2.24) is 5.32 Å². The Morgan fingerprint density at radius 1 is 1.46 bits per heavy atom. The van der Waals surface area contributed by atoms with E-state index in [-0.39, 0.29) is 0 Å². The van der Waals surface area contributed by atoms with Gasteiger partial charge in [0.2, 0.25) is 0 Å². The quantitative estimate of drug-likeness (QED) is 0.597. The van der Waals surface area contributed by atoms with Crippen LogP contribution in [0.2, 0.25) is 0 Å². The van der Waals surface area contributed by atoms with Gasteiger partial charge in [0.15, 0.2) is 0 Å². The fourth-order valence-electron chi connectivity index (χ4n) is 2.09. The molecule has 0 spiro atoms. The molecule has 1 heterocycles. The second-order valence-electron chi connectivity index (χ2n) is 4.00. The zero-order chi connectivity index (χ0) is 9.26. The van der Waals surface area contributed by atoms with E-state index in [1.54, 1.807) is 0 Å². The molecule has 2 rings (SSSR count). The second kappa shape index (κ2) is 3.41. The van der Waals surface area contributed by atoms with Gasteiger partial charge in [-0.2, -0.15) is 0 Å². The van der Waals surface area contributed by atoms with Crippen LogP contribution >= 0.6 is 0 Å². The van der Waals surface area contributed by atoms with Gasteiger partial charge in [0.1, 0.15) is 0 Å². The molecular weight excluding hydrogens is 158 g/mol. The van der Waals surface area contributed by atoms with Crippen molar-refractivity contribution in [3.8, 4) is 0 Å². The highest BCUT2D eigenvalue weighted by atomic mass is 14.9. The highest BCUT2D eigenvalue weighted by Crippen LogP contribution is 2.25. The molecule has 0 aromatic heterocycles. The number of allylic oxidation sites excluding steroid dienone is 5. The summed E-state index contributed by atoms with van der Waals surface area (Å²) in [6.45, 7) is 5.57. The summed E-state index contributed by atoms with van der Waals surface area (Å²) >= 11 is 0. The van der Waals surface area contributed by atoms with Crippen molar-refractivity contribution in [2.75, 3.05) is 6.54 Å². The molecular formula is C12H17N. The van der Waals surface area contributed by atoms with E-state index in [1.165, 1.54) is 29.7 Å². The molecule has 13 heavy (non-hydrogen) atoms. The molecule has 2 aliphatic rings. The summed E-state index contributed by atoms with van der Waals surface area (Å²) in [6.07, 6.45) is 9.41. The summed E-state index contributed by atoms with van der Waals surface area (Å²) in [4.78, 5) is 0. The summed E-state index contributed by atoms with van der Waals surface area (Å²) < 4.78 is 0. The fourth-order valence-corrected chi connectivity index (χ4v) is 2.09. The standard InChI is InChI=1S/C12H17N/c1-9-5-6-11-4-3-7-13-12(11)10(2)8-9/h5-6,8-9,13H,3-4,7H2,1-2H3. The minimum absolute atomic E-state index is 0.576. The molecule has 1 N–H and O–H groups in total. The Kier molecular flexibility index (Phi) is 2.26. The smallest absolute Gasteiger partial charge is 0.0399 e. The number of rotatable bonds is 0. The highest BCUT2D eigenvalue weighted by molar-refractivity contribution is 5.42. The predicted molar refractivity (Wildman–Crippen MR) is 56.3 cm³/mol. The van der Waals surface area contributed by atoms with Crippen LogP contribution in [-0.4, -0.2) is 6.54 Å². The third kappa shape index (κ3) is 1.69. The molecule has 0 saturated carbocycles. The largest absolute Gasteiger partial charge is 0.385 e. The third-order valence-electron chi connectivity index (χ3n) is 2.75. The van der Waals surface area contributed by atoms with Gasteiger partial charge in [-0.25, -0.2) is 0 Å². The van der Waals surface area contributed by atoms with Crippen molar-refractivity contribution in [1.29, 1.82) is 0 Å². The topological polar surface area (TPSA) is 12.0 Å². The van der Waals surface area contributed by atoms with Crippen LogP contribution in [-0.2, 0) is 0 Å². The summed E-state index contributed by atoms with van der Waals surface area (Å²) in [5.41, 5.74) is 4.28. The average molecular weight is 175 g/mol. The van der Waals surface area contributed by atoms with Crippen molar-refractivity contribution >= 4 is 0 Å². The van der Waals surface area contributed by atoms with E-state index in [1.807, 2.05) is 0 Å². The highest BCUT2D eigenvalue weighted by Gasteiger charge is 2.13. The lowest BCUT2D eigenvalue weighted by Crippen LogP contribution is -2.21. The van der Waals surface area contributed by atoms with Gasteiger partial charge in [-0.1, -0.05) is 25.2 Å². The van der Waals surface area contributed by atoms with Crippen molar-refractivity contribution in [3.05, 3.63) is 35.1 Å². The summed E-state index contributed by atoms with van der Waals surface area (Å²) in [6, 6.07) is 0. The Morgan fingerprint density at radius 3 is 3.15 bits per heavy atom. The van der Waals surface area contributed by atoms with Crippen molar-refractivity contribution in [3.63, 3.8) is 0 Å². The van der Waals surface area contributed by atoms with Gasteiger partial charge in [-0.05, 0) is 36.8 Å². The van der Waals surface area contributed by atoms with E-state index in [2.05, 4.69) is 37.4 Å². The van der Waals surface area contributed by atoms with Crippen LogP contribution in [0.3, 0.4) is 0 Å². The Labute approximate surface area is 80.2 Å². The molecule has 0 aromatic carbocycles. The molecule has 1 atom stereocenters. The van der Waals surface area contributed by atoms with Crippen LogP contribution in [0.1, 0.15) is 26.7 Å². The van der Waals surface area contributed by atoms with E-state index in [0.717, 1.165) is 6.54 Å². The summed E-state index contributed by atoms with van der Waals surface area (Å²) in [5, 5.41) is 3.49. The van der Waals surface area contributed by atoms with Crippen LogP contribution in [0.25, 0.3) is 0 Å². The number of hydrogen-bond donors (Lipinski definition) is 1. The Morgan fingerprint density at radius 2 is 2.31 bits per heavy atom. The first-order chi connectivity index (χ1) is 6.27. The van der Waals surface area contributed by atoms with Gasteiger partial charge in [0.25, 0.3) is 0 Å². The molecule has 1 nitrogen and oxygen atoms in total. The summed E-state index contributed by atoms with van der Waals surface area (Å²) in [5.74, 6) is 0.576. The molecule has 0 aromatic rings. The Hall–Kier alpha value is -0.980. The second-order valence-corrected chi connectivity index (χ2v) is 4.00. The number of nitrogens with one attached hydrogen (secondary N) is 1. The maximum atomic E-state index is 3.49. The van der Waals surface area contributed by atoms with E-state index in [4.69, 9.17) is 0 Å². The maximum absolute atomic E-state index is 3.49. The predicted octanol–water partition coefficient (Wildman–Crippen LogP) is 2.78. The summed E-state index contributed by atoms with van der Waals surface area (Å²) in [7, 11) is 0. The average Bonchev–Trinajstić information content (AvgIpc) is 2.27. The molecule has 1 unspecified atom stereocenters. The molecule has 1 aliphatic heterocycles. The lowest BCUT2D eigenvalue weighted by atomic mass is 10.0. The third-order valence-corrected chi connectivity index (χ3v) is 2.75. The van der Waals surface area contributed by atoms with E-state index < -0.39 is 0 Å². The number of hydrogen-bond acceptors (Lipinski definition) is 1. The van der Waals surface area contributed by atoms with Gasteiger partial charge in [0.05, 0.1) is 0 Å². The van der Waals surface area contributed by atoms with Gasteiger partial charge in [-0.3, -0.25) is 0 Å². The SMILES string of the molecule is CC1=CC(C)C=CC2=C1NCCC2.